The van der Waals surface area contributed by atoms with Crippen LogP contribution in [0.5, 0.6) is 0 Å². The summed E-state index contributed by atoms with van der Waals surface area (Å²) in [5.74, 6) is 1.20. The summed E-state index contributed by atoms with van der Waals surface area (Å²) in [4.78, 5) is 23.6. The lowest BCUT2D eigenvalue weighted by molar-refractivity contribution is -0.105. The molecule has 3 rings (SSSR count). The van der Waals surface area contributed by atoms with Gasteiger partial charge < -0.3 is 10.6 Å². The zero-order valence-corrected chi connectivity index (χ0v) is 11.3. The Balaban J connectivity index is 2.01. The summed E-state index contributed by atoms with van der Waals surface area (Å²) in [6.45, 7) is 4.58. The highest BCUT2D eigenvalue weighted by Crippen LogP contribution is 2.23. The molecule has 1 amide bonds. The first-order valence-electron chi connectivity index (χ1n) is 6.72. The zero-order chi connectivity index (χ0) is 13.9. The van der Waals surface area contributed by atoms with E-state index in [2.05, 4.69) is 30.9 Å². The summed E-state index contributed by atoms with van der Waals surface area (Å²) in [6.07, 6.45) is 3.19. The lowest BCUT2D eigenvalue weighted by Gasteiger charge is -2.11. The molecule has 0 saturated carbocycles. The molecule has 0 aliphatic carbocycles. The molecule has 3 heterocycles. The molecule has 106 valence electrons. The largest absolute Gasteiger partial charge is 0.364 e. The van der Waals surface area contributed by atoms with Gasteiger partial charge in [0.05, 0.1) is 0 Å². The van der Waals surface area contributed by atoms with Crippen LogP contribution in [0.4, 0.5) is 11.8 Å². The van der Waals surface area contributed by atoms with E-state index in [1.165, 1.54) is 6.33 Å². The van der Waals surface area contributed by atoms with Crippen LogP contribution in [0.1, 0.15) is 13.3 Å². The Morgan fingerprint density at radius 2 is 2.45 bits per heavy atom. The lowest BCUT2D eigenvalue weighted by Crippen LogP contribution is -2.22. The maximum atomic E-state index is 10.7. The summed E-state index contributed by atoms with van der Waals surface area (Å²) in [5, 5.41) is 9.28. The first-order valence-corrected chi connectivity index (χ1v) is 6.72. The number of hydrogen-bond donors (Lipinski definition) is 3. The number of aryl methyl sites for hydroxylation is 1. The molecule has 0 radical (unpaired) electrons. The van der Waals surface area contributed by atoms with Crippen molar-refractivity contribution in [3.63, 3.8) is 0 Å². The van der Waals surface area contributed by atoms with E-state index < -0.39 is 0 Å². The molecule has 8 nitrogen and oxygen atoms in total. The van der Waals surface area contributed by atoms with Crippen LogP contribution in [0.3, 0.4) is 0 Å². The minimum Gasteiger partial charge on any atom is -0.364 e. The van der Waals surface area contributed by atoms with Crippen LogP contribution in [-0.2, 0) is 11.3 Å². The van der Waals surface area contributed by atoms with Gasteiger partial charge in [0.15, 0.2) is 17.0 Å². The van der Waals surface area contributed by atoms with E-state index in [9.17, 15) is 4.79 Å². The fourth-order valence-corrected chi connectivity index (χ4v) is 2.48. The number of hydrogen-bond acceptors (Lipinski definition) is 6. The molecule has 1 aliphatic heterocycles. The highest BCUT2D eigenvalue weighted by molar-refractivity contribution is 5.86. The maximum absolute atomic E-state index is 10.7. The van der Waals surface area contributed by atoms with Crippen LogP contribution in [0.2, 0.25) is 0 Å². The van der Waals surface area contributed by atoms with Crippen LogP contribution in [-0.4, -0.2) is 45.1 Å². The number of carbonyl (C=O) groups is 1. The second kappa shape index (κ2) is 5.41. The van der Waals surface area contributed by atoms with Gasteiger partial charge in [-0.25, -0.2) is 15.0 Å². The molecular formula is C12H17N7O. The number of carbonyl (C=O) groups excluding carboxylic acids is 1. The van der Waals surface area contributed by atoms with E-state index in [4.69, 9.17) is 0 Å². The monoisotopic (exact) mass is 275 g/mol. The molecule has 0 unspecified atom stereocenters. The maximum Gasteiger partial charge on any atom is 0.213 e. The average molecular weight is 275 g/mol. The van der Waals surface area contributed by atoms with Crippen molar-refractivity contribution in [2.75, 3.05) is 23.7 Å². The van der Waals surface area contributed by atoms with Crippen molar-refractivity contribution in [3.05, 3.63) is 6.33 Å². The molecule has 0 aromatic carbocycles. The molecule has 0 spiro atoms. The summed E-state index contributed by atoms with van der Waals surface area (Å²) in [5.41, 5.74) is 1.41. The minimum atomic E-state index is 0.349. The third-order valence-electron chi connectivity index (χ3n) is 3.44. The molecule has 1 saturated heterocycles. The minimum absolute atomic E-state index is 0.349. The van der Waals surface area contributed by atoms with Gasteiger partial charge in [-0.2, -0.15) is 0 Å². The standard InChI is InChI=1S/C12H17N7O/c1-2-19-11-9(18-12(19)16-7-20)10(14-6-15-11)17-8-3-4-13-5-8/h6-8,13H,2-5H2,1H3,(H,14,15,17)(H,16,18,20)/t8-/m0/s1. The number of fused-ring (bicyclic) bond motifs is 1. The van der Waals surface area contributed by atoms with E-state index in [1.807, 2.05) is 11.5 Å². The number of amides is 1. The van der Waals surface area contributed by atoms with Crippen LogP contribution < -0.4 is 16.0 Å². The van der Waals surface area contributed by atoms with Crippen LogP contribution >= 0.6 is 0 Å². The zero-order valence-electron chi connectivity index (χ0n) is 11.3. The Labute approximate surface area is 116 Å². The van der Waals surface area contributed by atoms with E-state index in [-0.39, 0.29) is 0 Å². The van der Waals surface area contributed by atoms with Gasteiger partial charge in [0.25, 0.3) is 0 Å². The smallest absolute Gasteiger partial charge is 0.213 e. The first-order chi connectivity index (χ1) is 9.83. The predicted molar refractivity (Wildman–Crippen MR) is 75.6 cm³/mol. The van der Waals surface area contributed by atoms with Crippen LogP contribution in [0, 0.1) is 0 Å². The summed E-state index contributed by atoms with van der Waals surface area (Å²) < 4.78 is 1.85. The lowest BCUT2D eigenvalue weighted by atomic mass is 10.2. The molecule has 8 heteroatoms. The first kappa shape index (κ1) is 12.8. The number of imidazole rings is 1. The molecule has 0 bridgehead atoms. The van der Waals surface area contributed by atoms with Crippen molar-refractivity contribution < 1.29 is 4.79 Å². The third-order valence-corrected chi connectivity index (χ3v) is 3.44. The Kier molecular flexibility index (Phi) is 3.46. The fraction of sp³-hybridized carbons (Fsp3) is 0.500. The van der Waals surface area contributed by atoms with Crippen LogP contribution in [0.25, 0.3) is 11.2 Å². The van der Waals surface area contributed by atoms with Crippen molar-refractivity contribution in [1.29, 1.82) is 0 Å². The van der Waals surface area contributed by atoms with Crippen molar-refractivity contribution in [2.24, 2.45) is 0 Å². The molecule has 3 N–H and O–H groups in total. The number of rotatable bonds is 5. The summed E-state index contributed by atoms with van der Waals surface area (Å²) in [7, 11) is 0. The number of nitrogens with one attached hydrogen (secondary N) is 3. The second-order valence-corrected chi connectivity index (χ2v) is 4.67. The number of anilines is 2. The van der Waals surface area contributed by atoms with Gasteiger partial charge >= 0.3 is 0 Å². The van der Waals surface area contributed by atoms with Gasteiger partial charge in [0.2, 0.25) is 12.4 Å². The highest BCUT2D eigenvalue weighted by atomic mass is 16.1. The normalized spacial score (nSPS) is 18.4. The topological polar surface area (TPSA) is 96.8 Å². The Morgan fingerprint density at radius 1 is 1.55 bits per heavy atom. The van der Waals surface area contributed by atoms with Gasteiger partial charge in [0.1, 0.15) is 6.33 Å². The quantitative estimate of drug-likeness (QED) is 0.674. The van der Waals surface area contributed by atoms with Gasteiger partial charge in [0, 0.05) is 19.1 Å². The Morgan fingerprint density at radius 3 is 3.15 bits per heavy atom. The third kappa shape index (κ3) is 2.18. The van der Waals surface area contributed by atoms with Crippen molar-refractivity contribution >= 4 is 29.3 Å². The van der Waals surface area contributed by atoms with Crippen molar-refractivity contribution in [3.8, 4) is 0 Å². The van der Waals surface area contributed by atoms with Gasteiger partial charge in [-0.05, 0) is 19.9 Å². The van der Waals surface area contributed by atoms with E-state index >= 15 is 0 Å². The molecule has 2 aromatic heterocycles. The predicted octanol–water partition coefficient (Wildman–Crippen LogP) is 0.188. The highest BCUT2D eigenvalue weighted by Gasteiger charge is 2.19. The molecule has 1 aliphatic rings. The molecule has 1 fully saturated rings. The van der Waals surface area contributed by atoms with Crippen molar-refractivity contribution in [2.45, 2.75) is 25.9 Å². The van der Waals surface area contributed by atoms with Gasteiger partial charge in [-0.1, -0.05) is 0 Å². The Bertz CT molecular complexity index is 618. The second-order valence-electron chi connectivity index (χ2n) is 4.67. The number of aromatic nitrogens is 4. The van der Waals surface area contributed by atoms with E-state index in [1.54, 1.807) is 0 Å². The summed E-state index contributed by atoms with van der Waals surface area (Å²) in [6, 6.07) is 0.349. The van der Waals surface area contributed by atoms with E-state index in [0.717, 1.165) is 25.2 Å². The SMILES string of the molecule is CCn1c(NC=O)nc2c(N[C@H]3CCNC3)ncnc21. The molecule has 20 heavy (non-hydrogen) atoms. The summed E-state index contributed by atoms with van der Waals surface area (Å²) >= 11 is 0. The fourth-order valence-electron chi connectivity index (χ4n) is 2.48. The van der Waals surface area contributed by atoms with Crippen LogP contribution in [0.15, 0.2) is 6.33 Å². The number of nitrogens with zero attached hydrogens (tertiary/aromatic N) is 4. The molecule has 2 aromatic rings. The van der Waals surface area contributed by atoms with E-state index in [0.29, 0.717) is 36.3 Å². The average Bonchev–Trinajstić information content (AvgIpc) is 3.07. The van der Waals surface area contributed by atoms with Gasteiger partial charge in [-0.3, -0.25) is 14.7 Å². The molecular weight excluding hydrogens is 258 g/mol. The Hall–Kier alpha value is -2.22. The molecule has 1 atom stereocenters. The van der Waals surface area contributed by atoms with Crippen molar-refractivity contribution in [1.82, 2.24) is 24.8 Å². The van der Waals surface area contributed by atoms with Gasteiger partial charge in [-0.15, -0.1) is 0 Å².